The average Bonchev–Trinajstić information content (AvgIpc) is 3.40. The minimum absolute atomic E-state index is 1.10. The summed E-state index contributed by atoms with van der Waals surface area (Å²) in [4.78, 5) is 4.70. The molecule has 0 saturated carbocycles. The molecule has 0 radical (unpaired) electrons. The molecule has 0 bridgehead atoms. The molecule has 0 unspecified atom stereocenters. The smallest absolute Gasteiger partial charge is 0.0464 e. The number of rotatable bonds is 13. The van der Waals surface area contributed by atoms with Crippen molar-refractivity contribution >= 4 is 57.4 Å². The molecule has 0 amide bonds. The Morgan fingerprint density at radius 1 is 0.250 bits per heavy atom. The number of benzene rings is 10. The first-order valence-electron chi connectivity index (χ1n) is 25.0. The largest absolute Gasteiger partial charge is 0.310 e. The summed E-state index contributed by atoms with van der Waals surface area (Å²) in [6.07, 6.45) is 4.61. The molecule has 0 atom stereocenters. The Labute approximate surface area is 427 Å². The molecule has 0 aliphatic carbocycles. The maximum atomic E-state index is 2.35. The van der Waals surface area contributed by atoms with Gasteiger partial charge in [0.15, 0.2) is 0 Å². The third-order valence-corrected chi connectivity index (χ3v) is 13.5. The molecule has 0 aromatic heterocycles. The first-order chi connectivity index (χ1) is 35.1. The zero-order chi connectivity index (χ0) is 49.6. The van der Waals surface area contributed by atoms with Gasteiger partial charge in [-0.2, -0.15) is 0 Å². The van der Waals surface area contributed by atoms with Crippen molar-refractivity contribution in [1.29, 1.82) is 0 Å². The Bertz CT molecular complexity index is 3150. The van der Waals surface area contributed by atoms with Gasteiger partial charge in [-0.05, 0) is 193 Å². The number of nitrogens with zero attached hydrogens (tertiary/aromatic N) is 2. The Kier molecular flexibility index (Phi) is 13.8. The number of aryl methyl sites for hydroxylation is 6. The summed E-state index contributed by atoms with van der Waals surface area (Å²) in [5.74, 6) is 0. The van der Waals surface area contributed by atoms with Crippen molar-refractivity contribution in [2.24, 2.45) is 0 Å². The highest BCUT2D eigenvalue weighted by atomic mass is 15.1. The lowest BCUT2D eigenvalue weighted by molar-refractivity contribution is 1.27. The van der Waals surface area contributed by atoms with E-state index in [0.29, 0.717) is 0 Å². The van der Waals surface area contributed by atoms with E-state index in [1.807, 2.05) is 0 Å². The summed E-state index contributed by atoms with van der Waals surface area (Å²) in [7, 11) is 0. The van der Waals surface area contributed by atoms with Crippen LogP contribution >= 0.6 is 0 Å². The van der Waals surface area contributed by atoms with Crippen LogP contribution in [0.25, 0.3) is 34.4 Å². The SMILES string of the molecule is Cc1ccc(C(=Cc2ccc(N(c3ccc(-c4ccc(N(c5ccc(C=C(c6ccc(C)cc6)c6ccc(C)cc6)cc5)c5cccc(C)c5)cc4)cc3)c3cccc(C)c3)cc2)c2ccc(C)cc2)cc1. The van der Waals surface area contributed by atoms with E-state index in [2.05, 4.69) is 306 Å². The first kappa shape index (κ1) is 47.0. The van der Waals surface area contributed by atoms with E-state index in [1.54, 1.807) is 0 Å². The van der Waals surface area contributed by atoms with E-state index >= 15 is 0 Å². The monoisotopic (exact) mass is 928 g/mol. The predicted molar refractivity (Wildman–Crippen MR) is 309 cm³/mol. The van der Waals surface area contributed by atoms with Crippen LogP contribution in [0, 0.1) is 41.5 Å². The molecule has 10 aromatic rings. The highest BCUT2D eigenvalue weighted by molar-refractivity contribution is 5.93. The Balaban J connectivity index is 0.936. The fourth-order valence-corrected chi connectivity index (χ4v) is 9.41. The fraction of sp³-hybridized carbons (Fsp3) is 0.0857. The summed E-state index contributed by atoms with van der Waals surface area (Å²) >= 11 is 0. The second-order valence-corrected chi connectivity index (χ2v) is 19.2. The summed E-state index contributed by atoms with van der Waals surface area (Å²) in [5.41, 5.74) is 25.9. The van der Waals surface area contributed by atoms with Crippen molar-refractivity contribution in [3.63, 3.8) is 0 Å². The minimum atomic E-state index is 1.10. The molecule has 0 aliphatic rings. The van der Waals surface area contributed by atoms with E-state index in [1.165, 1.54) is 66.8 Å². The van der Waals surface area contributed by atoms with Gasteiger partial charge >= 0.3 is 0 Å². The van der Waals surface area contributed by atoms with Crippen LogP contribution in [0.2, 0.25) is 0 Å². The van der Waals surface area contributed by atoms with E-state index in [4.69, 9.17) is 0 Å². The highest BCUT2D eigenvalue weighted by Gasteiger charge is 2.17. The maximum Gasteiger partial charge on any atom is 0.0464 e. The third-order valence-electron chi connectivity index (χ3n) is 13.5. The van der Waals surface area contributed by atoms with Crippen LogP contribution < -0.4 is 9.80 Å². The van der Waals surface area contributed by atoms with Gasteiger partial charge in [-0.15, -0.1) is 0 Å². The molecule has 0 spiro atoms. The van der Waals surface area contributed by atoms with Gasteiger partial charge in [0.25, 0.3) is 0 Å². The van der Waals surface area contributed by atoms with E-state index in [-0.39, 0.29) is 0 Å². The van der Waals surface area contributed by atoms with Crippen LogP contribution in [0.1, 0.15) is 66.8 Å². The normalized spacial score (nSPS) is 10.9. The van der Waals surface area contributed by atoms with E-state index < -0.39 is 0 Å². The van der Waals surface area contributed by atoms with Gasteiger partial charge in [0.05, 0.1) is 0 Å². The van der Waals surface area contributed by atoms with Crippen LogP contribution in [0.5, 0.6) is 0 Å². The second kappa shape index (κ2) is 21.1. The lowest BCUT2D eigenvalue weighted by Gasteiger charge is -2.27. The summed E-state index contributed by atoms with van der Waals surface area (Å²) in [5, 5.41) is 0. The first-order valence-corrected chi connectivity index (χ1v) is 25.0. The van der Waals surface area contributed by atoms with Gasteiger partial charge in [0.1, 0.15) is 0 Å². The summed E-state index contributed by atoms with van der Waals surface area (Å²) < 4.78 is 0. The molecule has 0 heterocycles. The lowest BCUT2D eigenvalue weighted by atomic mass is 9.94. The standard InChI is InChI=1S/C70H60N2/c1-49-13-25-59(26-14-49)69(60-27-15-50(2)16-28-60)47-55-21-37-63(38-22-55)71(67-11-7-9-53(5)45-67)65-41-33-57(34-42-65)58-35-43-66(44-36-58)72(68-12-8-10-54(6)46-68)64-39-23-56(24-40-64)48-70(61-29-17-51(3)18-30-61)62-31-19-52(4)20-32-62/h7-48H,1-6H3. The predicted octanol–water partition coefficient (Wildman–Crippen LogP) is 19.3. The summed E-state index contributed by atoms with van der Waals surface area (Å²) in [6, 6.07) is 88.6. The number of hydrogen-bond acceptors (Lipinski definition) is 2. The van der Waals surface area contributed by atoms with Crippen LogP contribution in [0.3, 0.4) is 0 Å². The number of anilines is 6. The van der Waals surface area contributed by atoms with Crippen LogP contribution in [-0.2, 0) is 0 Å². The van der Waals surface area contributed by atoms with Gasteiger partial charge in [-0.25, -0.2) is 0 Å². The van der Waals surface area contributed by atoms with Crippen molar-refractivity contribution in [3.05, 3.63) is 309 Å². The van der Waals surface area contributed by atoms with Crippen LogP contribution in [0.4, 0.5) is 34.1 Å². The van der Waals surface area contributed by atoms with Gasteiger partial charge in [-0.3, -0.25) is 0 Å². The quantitative estimate of drug-likeness (QED) is 0.106. The lowest BCUT2D eigenvalue weighted by Crippen LogP contribution is -2.10. The zero-order valence-electron chi connectivity index (χ0n) is 42.1. The molecule has 0 saturated heterocycles. The molecule has 0 N–H and O–H groups in total. The Morgan fingerprint density at radius 3 is 0.778 bits per heavy atom. The Hall–Kier alpha value is -8.72. The molecule has 72 heavy (non-hydrogen) atoms. The van der Waals surface area contributed by atoms with Crippen molar-refractivity contribution in [2.75, 3.05) is 9.80 Å². The van der Waals surface area contributed by atoms with E-state index in [9.17, 15) is 0 Å². The minimum Gasteiger partial charge on any atom is -0.310 e. The maximum absolute atomic E-state index is 2.35. The van der Waals surface area contributed by atoms with Crippen LogP contribution in [0.15, 0.2) is 243 Å². The topological polar surface area (TPSA) is 6.48 Å². The molecule has 350 valence electrons. The second-order valence-electron chi connectivity index (χ2n) is 19.2. The van der Waals surface area contributed by atoms with Gasteiger partial charge < -0.3 is 9.80 Å². The fourth-order valence-electron chi connectivity index (χ4n) is 9.41. The van der Waals surface area contributed by atoms with Crippen LogP contribution in [-0.4, -0.2) is 0 Å². The molecule has 10 aromatic carbocycles. The van der Waals surface area contributed by atoms with Gasteiger partial charge in [0, 0.05) is 34.1 Å². The van der Waals surface area contributed by atoms with E-state index in [0.717, 1.165) is 56.4 Å². The molecular formula is C70H60N2. The molecule has 0 aliphatic heterocycles. The average molecular weight is 929 g/mol. The molecule has 0 fully saturated rings. The number of hydrogen-bond donors (Lipinski definition) is 0. The summed E-state index contributed by atoms with van der Waals surface area (Å²) in [6.45, 7) is 12.9. The molecular weight excluding hydrogens is 869 g/mol. The highest BCUT2D eigenvalue weighted by Crippen LogP contribution is 2.40. The molecule has 2 nitrogen and oxygen atoms in total. The van der Waals surface area contributed by atoms with Gasteiger partial charge in [0.2, 0.25) is 0 Å². The third kappa shape index (κ3) is 10.8. The molecule has 10 rings (SSSR count). The van der Waals surface area contributed by atoms with Crippen molar-refractivity contribution in [3.8, 4) is 11.1 Å². The van der Waals surface area contributed by atoms with Crippen molar-refractivity contribution < 1.29 is 0 Å². The van der Waals surface area contributed by atoms with Crippen molar-refractivity contribution in [1.82, 2.24) is 0 Å². The molecule has 2 heteroatoms. The Morgan fingerprint density at radius 2 is 0.514 bits per heavy atom. The van der Waals surface area contributed by atoms with Gasteiger partial charge in [-0.1, -0.05) is 192 Å². The zero-order valence-corrected chi connectivity index (χ0v) is 42.1. The van der Waals surface area contributed by atoms with Crippen molar-refractivity contribution in [2.45, 2.75) is 41.5 Å².